The molecule has 0 bridgehead atoms. The van der Waals surface area contributed by atoms with Crippen LogP contribution in [-0.2, 0) is 4.57 Å². The molecule has 0 amide bonds. The first-order chi connectivity index (χ1) is 10.8. The van der Waals surface area contributed by atoms with Crippen molar-refractivity contribution in [2.45, 2.75) is 18.6 Å². The van der Waals surface area contributed by atoms with E-state index in [4.69, 9.17) is 0 Å². The van der Waals surface area contributed by atoms with E-state index >= 15 is 0 Å². The lowest BCUT2D eigenvalue weighted by atomic mass is 10.0. The zero-order valence-corrected chi connectivity index (χ0v) is 13.4. The van der Waals surface area contributed by atoms with Crippen LogP contribution in [0.5, 0.6) is 0 Å². The van der Waals surface area contributed by atoms with Gasteiger partial charge in [-0.05, 0) is 29.2 Å². The number of hydrogen-bond acceptors (Lipinski definition) is 2. The lowest BCUT2D eigenvalue weighted by Gasteiger charge is -2.23. The van der Waals surface area contributed by atoms with Gasteiger partial charge in [0.05, 0.1) is 0 Å². The van der Waals surface area contributed by atoms with Crippen LogP contribution in [0.15, 0.2) is 48.5 Å². The standard InChI is InChI=1S/C16H18F2NO3P/c1-11(12-5-3-2-4-6-12)10-19-16(23(20,21)22)13-7-8-14(17)15(18)9-13/h2-9,11,16,19H,10H2,1H3,(H2,20,21,22)/t11-,16+/m1/s1. The van der Waals surface area contributed by atoms with E-state index in [0.717, 1.165) is 17.7 Å². The summed E-state index contributed by atoms with van der Waals surface area (Å²) in [7, 11) is -4.58. The van der Waals surface area contributed by atoms with Gasteiger partial charge in [0.2, 0.25) is 0 Å². The zero-order valence-electron chi connectivity index (χ0n) is 12.5. The summed E-state index contributed by atoms with van der Waals surface area (Å²) in [5, 5.41) is 2.77. The highest BCUT2D eigenvalue weighted by Gasteiger charge is 2.31. The molecule has 7 heteroatoms. The van der Waals surface area contributed by atoms with E-state index in [2.05, 4.69) is 5.32 Å². The van der Waals surface area contributed by atoms with Gasteiger partial charge in [0, 0.05) is 6.54 Å². The molecule has 0 unspecified atom stereocenters. The number of halogens is 2. The van der Waals surface area contributed by atoms with Crippen LogP contribution in [0.4, 0.5) is 8.78 Å². The van der Waals surface area contributed by atoms with Gasteiger partial charge >= 0.3 is 7.60 Å². The molecule has 0 spiro atoms. The fraction of sp³-hybridized carbons (Fsp3) is 0.250. The molecule has 0 aliphatic carbocycles. The minimum absolute atomic E-state index is 0.00412. The van der Waals surface area contributed by atoms with Crippen molar-refractivity contribution in [2.24, 2.45) is 0 Å². The summed E-state index contributed by atoms with van der Waals surface area (Å²) in [6.07, 6.45) is 0. The van der Waals surface area contributed by atoms with Crippen LogP contribution in [0.1, 0.15) is 29.8 Å². The van der Waals surface area contributed by atoms with Crippen LogP contribution in [-0.4, -0.2) is 16.3 Å². The average molecular weight is 341 g/mol. The molecule has 0 saturated carbocycles. The minimum atomic E-state index is -4.58. The zero-order chi connectivity index (χ0) is 17.0. The Labute approximate surface area is 133 Å². The van der Waals surface area contributed by atoms with Crippen LogP contribution in [0.2, 0.25) is 0 Å². The van der Waals surface area contributed by atoms with Crippen molar-refractivity contribution in [3.05, 3.63) is 71.3 Å². The Bertz CT molecular complexity index is 706. The van der Waals surface area contributed by atoms with E-state index in [1.165, 1.54) is 6.07 Å². The van der Waals surface area contributed by atoms with Gasteiger partial charge in [-0.15, -0.1) is 0 Å². The lowest BCUT2D eigenvalue weighted by molar-refractivity contribution is 0.346. The lowest BCUT2D eigenvalue weighted by Crippen LogP contribution is -2.26. The Balaban J connectivity index is 2.17. The highest BCUT2D eigenvalue weighted by atomic mass is 31.2. The molecule has 2 rings (SSSR count). The maximum Gasteiger partial charge on any atom is 0.346 e. The molecular formula is C16H18F2NO3P. The second-order valence-corrected chi connectivity index (χ2v) is 7.08. The molecule has 23 heavy (non-hydrogen) atoms. The highest BCUT2D eigenvalue weighted by Crippen LogP contribution is 2.50. The quantitative estimate of drug-likeness (QED) is 0.703. The van der Waals surface area contributed by atoms with E-state index in [0.29, 0.717) is 0 Å². The summed E-state index contributed by atoms with van der Waals surface area (Å²) < 4.78 is 38.0. The first-order valence-corrected chi connectivity index (χ1v) is 8.75. The predicted molar refractivity (Wildman–Crippen MR) is 84.0 cm³/mol. The van der Waals surface area contributed by atoms with Crippen LogP contribution in [0.3, 0.4) is 0 Å². The maximum absolute atomic E-state index is 13.3. The third kappa shape index (κ3) is 4.69. The second kappa shape index (κ2) is 7.32. The Morgan fingerprint density at radius 3 is 2.26 bits per heavy atom. The third-order valence-corrected chi connectivity index (χ3v) is 4.74. The molecule has 0 aliphatic heterocycles. The molecule has 0 radical (unpaired) electrons. The van der Waals surface area contributed by atoms with Crippen molar-refractivity contribution in [1.82, 2.24) is 5.32 Å². The molecule has 2 aromatic carbocycles. The van der Waals surface area contributed by atoms with E-state index in [9.17, 15) is 23.1 Å². The molecule has 4 nitrogen and oxygen atoms in total. The maximum atomic E-state index is 13.3. The normalized spacial score (nSPS) is 14.5. The molecule has 0 aliphatic rings. The Hall–Kier alpha value is -1.59. The van der Waals surface area contributed by atoms with E-state index in [1.807, 2.05) is 37.3 Å². The smallest absolute Gasteiger partial charge is 0.323 e. The summed E-state index contributed by atoms with van der Waals surface area (Å²) in [4.78, 5) is 19.0. The van der Waals surface area contributed by atoms with Gasteiger partial charge < -0.3 is 9.79 Å². The molecule has 124 valence electrons. The first-order valence-electron chi connectivity index (χ1n) is 7.07. The van der Waals surface area contributed by atoms with Gasteiger partial charge in [-0.2, -0.15) is 0 Å². The SMILES string of the molecule is C[C@H](CN[C@H](c1ccc(F)c(F)c1)P(=O)(O)O)c1ccccc1. The van der Waals surface area contributed by atoms with E-state index in [-0.39, 0.29) is 18.0 Å². The fourth-order valence-corrected chi connectivity index (χ4v) is 3.19. The summed E-state index contributed by atoms with van der Waals surface area (Å²) in [5.41, 5.74) is 1.02. The summed E-state index contributed by atoms with van der Waals surface area (Å²) >= 11 is 0. The van der Waals surface area contributed by atoms with Crippen molar-refractivity contribution < 1.29 is 23.1 Å². The van der Waals surface area contributed by atoms with Gasteiger partial charge in [0.25, 0.3) is 0 Å². The Kier molecular flexibility index (Phi) is 5.65. The van der Waals surface area contributed by atoms with Gasteiger partial charge in [-0.1, -0.05) is 43.3 Å². The molecular weight excluding hydrogens is 323 g/mol. The van der Waals surface area contributed by atoms with Crippen molar-refractivity contribution in [2.75, 3.05) is 6.54 Å². The number of hydrogen-bond donors (Lipinski definition) is 3. The third-order valence-electron chi connectivity index (χ3n) is 3.58. The average Bonchev–Trinajstić information content (AvgIpc) is 2.50. The minimum Gasteiger partial charge on any atom is -0.323 e. The van der Waals surface area contributed by atoms with E-state index in [1.54, 1.807) is 0 Å². The molecule has 3 N–H and O–H groups in total. The second-order valence-electron chi connectivity index (χ2n) is 5.39. The summed E-state index contributed by atoms with van der Waals surface area (Å²) in [6.45, 7) is 2.18. The van der Waals surface area contributed by atoms with Crippen LogP contribution in [0.25, 0.3) is 0 Å². The predicted octanol–water partition coefficient (Wildman–Crippen LogP) is 3.53. The molecule has 2 atom stereocenters. The Morgan fingerprint density at radius 2 is 1.70 bits per heavy atom. The number of rotatable bonds is 6. The van der Waals surface area contributed by atoms with E-state index < -0.39 is 25.0 Å². The topological polar surface area (TPSA) is 69.6 Å². The highest BCUT2D eigenvalue weighted by molar-refractivity contribution is 7.52. The van der Waals surface area contributed by atoms with Gasteiger partial charge in [-0.25, -0.2) is 8.78 Å². The first kappa shape index (κ1) is 17.8. The monoisotopic (exact) mass is 341 g/mol. The fourth-order valence-electron chi connectivity index (χ4n) is 2.30. The molecule has 2 aromatic rings. The number of nitrogens with one attached hydrogen (secondary N) is 1. The van der Waals surface area contributed by atoms with Crippen molar-refractivity contribution in [3.63, 3.8) is 0 Å². The summed E-state index contributed by atoms with van der Waals surface area (Å²) in [6, 6.07) is 12.3. The molecule has 0 aromatic heterocycles. The van der Waals surface area contributed by atoms with Crippen molar-refractivity contribution in [1.29, 1.82) is 0 Å². The van der Waals surface area contributed by atoms with Crippen LogP contribution in [0, 0.1) is 11.6 Å². The van der Waals surface area contributed by atoms with Gasteiger partial charge in [0.1, 0.15) is 5.78 Å². The summed E-state index contributed by atoms with van der Waals surface area (Å²) in [5.74, 6) is -3.59. The van der Waals surface area contributed by atoms with Gasteiger partial charge in [0.15, 0.2) is 11.6 Å². The Morgan fingerprint density at radius 1 is 1.04 bits per heavy atom. The van der Waals surface area contributed by atoms with Gasteiger partial charge in [-0.3, -0.25) is 9.88 Å². The molecule has 0 heterocycles. The molecule has 0 fully saturated rings. The van der Waals surface area contributed by atoms with Crippen molar-refractivity contribution >= 4 is 7.60 Å². The number of benzene rings is 2. The van der Waals surface area contributed by atoms with Crippen LogP contribution < -0.4 is 5.32 Å². The van der Waals surface area contributed by atoms with Crippen molar-refractivity contribution in [3.8, 4) is 0 Å². The van der Waals surface area contributed by atoms with Crippen LogP contribution >= 0.6 is 7.60 Å². The largest absolute Gasteiger partial charge is 0.346 e. The molecule has 0 saturated heterocycles.